The second kappa shape index (κ2) is 9.17. The molecule has 0 fully saturated rings. The van der Waals surface area contributed by atoms with Crippen molar-refractivity contribution in [3.8, 4) is 32.7 Å². The lowest BCUT2D eigenvalue weighted by Crippen LogP contribution is -1.90. The summed E-state index contributed by atoms with van der Waals surface area (Å²) in [5, 5.41) is 8.67. The van der Waals surface area contributed by atoms with Crippen molar-refractivity contribution in [2.24, 2.45) is 0 Å². The van der Waals surface area contributed by atoms with Crippen LogP contribution in [0.3, 0.4) is 0 Å². The SMILES string of the molecule is c1ccc(-c2c(-c3c4ccccc4c(-c4ccccc4)c4ccccc34)sc3cc4oc5ccccc5c4cc23)cc1. The lowest BCUT2D eigenvalue weighted by Gasteiger charge is -2.18. The Bertz CT molecular complexity index is 2390. The molecular weight excluding hydrogens is 529 g/mol. The molecule has 2 heteroatoms. The molecule has 9 aromatic rings. The second-order valence-corrected chi connectivity index (χ2v) is 11.9. The highest BCUT2D eigenvalue weighted by Gasteiger charge is 2.23. The van der Waals surface area contributed by atoms with Crippen molar-refractivity contribution >= 4 is 64.9 Å². The molecule has 0 N–H and O–H groups in total. The van der Waals surface area contributed by atoms with Crippen molar-refractivity contribution in [3.05, 3.63) is 146 Å². The summed E-state index contributed by atoms with van der Waals surface area (Å²) >= 11 is 1.87. The largest absolute Gasteiger partial charge is 0.456 e. The Balaban J connectivity index is 1.46. The van der Waals surface area contributed by atoms with E-state index in [2.05, 4.69) is 140 Å². The van der Waals surface area contributed by atoms with E-state index in [4.69, 9.17) is 4.42 Å². The number of para-hydroxylation sites is 1. The van der Waals surface area contributed by atoms with Crippen LogP contribution in [0, 0.1) is 0 Å². The predicted molar refractivity (Wildman–Crippen MR) is 180 cm³/mol. The van der Waals surface area contributed by atoms with Gasteiger partial charge in [0.05, 0.1) is 0 Å². The smallest absolute Gasteiger partial charge is 0.136 e. The van der Waals surface area contributed by atoms with Crippen LogP contribution in [-0.4, -0.2) is 0 Å². The van der Waals surface area contributed by atoms with E-state index in [1.807, 2.05) is 17.4 Å². The summed E-state index contributed by atoms with van der Waals surface area (Å²) in [5.41, 5.74) is 8.20. The van der Waals surface area contributed by atoms with Crippen molar-refractivity contribution < 1.29 is 4.42 Å². The fourth-order valence-electron chi connectivity index (χ4n) is 6.67. The van der Waals surface area contributed by atoms with Gasteiger partial charge in [-0.1, -0.05) is 127 Å². The van der Waals surface area contributed by atoms with Gasteiger partial charge in [-0.15, -0.1) is 11.3 Å². The van der Waals surface area contributed by atoms with Crippen LogP contribution < -0.4 is 0 Å². The molecule has 2 aromatic heterocycles. The molecule has 2 heterocycles. The molecule has 42 heavy (non-hydrogen) atoms. The monoisotopic (exact) mass is 552 g/mol. The van der Waals surface area contributed by atoms with Crippen LogP contribution in [0.5, 0.6) is 0 Å². The number of furan rings is 1. The van der Waals surface area contributed by atoms with Crippen LogP contribution in [-0.2, 0) is 0 Å². The summed E-state index contributed by atoms with van der Waals surface area (Å²) in [6.45, 7) is 0. The van der Waals surface area contributed by atoms with Crippen molar-refractivity contribution in [1.82, 2.24) is 0 Å². The highest BCUT2D eigenvalue weighted by molar-refractivity contribution is 7.23. The minimum absolute atomic E-state index is 0.931. The van der Waals surface area contributed by atoms with Gasteiger partial charge in [0.25, 0.3) is 0 Å². The molecule has 0 unspecified atom stereocenters. The molecule has 0 saturated heterocycles. The Morgan fingerprint density at radius 2 is 0.857 bits per heavy atom. The Kier molecular flexibility index (Phi) is 5.13. The Hall–Kier alpha value is -5.18. The number of benzene rings is 7. The highest BCUT2D eigenvalue weighted by Crippen LogP contribution is 2.52. The van der Waals surface area contributed by atoms with Gasteiger partial charge in [0.1, 0.15) is 11.2 Å². The molecule has 0 bridgehead atoms. The zero-order valence-corrected chi connectivity index (χ0v) is 23.5. The van der Waals surface area contributed by atoms with Crippen molar-refractivity contribution in [1.29, 1.82) is 0 Å². The molecule has 1 nitrogen and oxygen atoms in total. The molecule has 0 aliphatic carbocycles. The second-order valence-electron chi connectivity index (χ2n) is 10.8. The summed E-state index contributed by atoms with van der Waals surface area (Å²) in [4.78, 5) is 1.29. The Labute approximate surface area is 246 Å². The van der Waals surface area contributed by atoms with E-state index < -0.39 is 0 Å². The third-order valence-electron chi connectivity index (χ3n) is 8.47. The fraction of sp³-hybridized carbons (Fsp3) is 0. The zero-order valence-electron chi connectivity index (χ0n) is 22.7. The molecule has 0 radical (unpaired) electrons. The zero-order chi connectivity index (χ0) is 27.6. The van der Waals surface area contributed by atoms with E-state index in [9.17, 15) is 0 Å². The molecule has 0 spiro atoms. The normalized spacial score (nSPS) is 11.8. The first-order chi connectivity index (χ1) is 20.8. The third kappa shape index (κ3) is 3.43. The van der Waals surface area contributed by atoms with Crippen molar-refractivity contribution in [2.75, 3.05) is 0 Å². The molecule has 196 valence electrons. The Morgan fingerprint density at radius 1 is 0.357 bits per heavy atom. The van der Waals surface area contributed by atoms with Crippen LogP contribution in [0.4, 0.5) is 0 Å². The molecular formula is C40H24OS. The summed E-state index contributed by atoms with van der Waals surface area (Å²) in [6.07, 6.45) is 0. The minimum atomic E-state index is 0.931. The molecule has 0 atom stereocenters. The summed E-state index contributed by atoms with van der Waals surface area (Å²) in [6, 6.07) is 52.4. The number of hydrogen-bond donors (Lipinski definition) is 0. The quantitative estimate of drug-likeness (QED) is 0.199. The first-order valence-electron chi connectivity index (χ1n) is 14.3. The van der Waals surface area contributed by atoms with Gasteiger partial charge in [-0.2, -0.15) is 0 Å². The third-order valence-corrected chi connectivity index (χ3v) is 9.64. The molecule has 0 saturated carbocycles. The highest BCUT2D eigenvalue weighted by atomic mass is 32.1. The van der Waals surface area contributed by atoms with Gasteiger partial charge >= 0.3 is 0 Å². The number of thiophene rings is 1. The van der Waals surface area contributed by atoms with E-state index in [0.29, 0.717) is 0 Å². The minimum Gasteiger partial charge on any atom is -0.456 e. The van der Waals surface area contributed by atoms with Crippen LogP contribution >= 0.6 is 11.3 Å². The van der Waals surface area contributed by atoms with Crippen LogP contribution in [0.25, 0.3) is 86.3 Å². The summed E-state index contributed by atoms with van der Waals surface area (Å²) in [7, 11) is 0. The molecule has 0 aliphatic heterocycles. The maximum atomic E-state index is 6.33. The summed E-state index contributed by atoms with van der Waals surface area (Å²) in [5.74, 6) is 0. The summed E-state index contributed by atoms with van der Waals surface area (Å²) < 4.78 is 7.57. The van der Waals surface area contributed by atoms with Gasteiger partial charge < -0.3 is 4.42 Å². The topological polar surface area (TPSA) is 13.1 Å². The van der Waals surface area contributed by atoms with E-state index in [-0.39, 0.29) is 0 Å². The van der Waals surface area contributed by atoms with E-state index >= 15 is 0 Å². The van der Waals surface area contributed by atoms with Gasteiger partial charge in [0.2, 0.25) is 0 Å². The van der Waals surface area contributed by atoms with Crippen LogP contribution in [0.2, 0.25) is 0 Å². The van der Waals surface area contributed by atoms with Gasteiger partial charge in [0, 0.05) is 36.9 Å². The van der Waals surface area contributed by atoms with Gasteiger partial charge in [-0.3, -0.25) is 0 Å². The van der Waals surface area contributed by atoms with E-state index in [1.54, 1.807) is 0 Å². The lowest BCUT2D eigenvalue weighted by molar-refractivity contribution is 0.669. The fourth-order valence-corrected chi connectivity index (χ4v) is 7.98. The average molecular weight is 553 g/mol. The molecule has 9 rings (SSSR count). The van der Waals surface area contributed by atoms with Gasteiger partial charge in [-0.05, 0) is 56.4 Å². The van der Waals surface area contributed by atoms with E-state index in [1.165, 1.54) is 64.3 Å². The molecule has 0 amide bonds. The first kappa shape index (κ1) is 23.5. The van der Waals surface area contributed by atoms with Crippen LogP contribution in [0.15, 0.2) is 150 Å². The van der Waals surface area contributed by atoms with E-state index in [0.717, 1.165) is 21.9 Å². The maximum Gasteiger partial charge on any atom is 0.136 e. The number of hydrogen-bond acceptors (Lipinski definition) is 2. The van der Waals surface area contributed by atoms with Gasteiger partial charge in [-0.25, -0.2) is 0 Å². The first-order valence-corrected chi connectivity index (χ1v) is 15.1. The standard InChI is InChI=1S/C40H24OS/c1-3-13-25(14-4-1)37-28-18-7-9-20-30(28)39(31-21-10-8-19-29(31)37)40-38(26-15-5-2-6-16-26)33-23-32-27-17-11-12-22-34(27)41-35(32)24-36(33)42-40/h1-24H. The maximum absolute atomic E-state index is 6.33. The average Bonchev–Trinajstić information content (AvgIpc) is 3.60. The lowest BCUT2D eigenvalue weighted by atomic mass is 9.86. The molecule has 0 aliphatic rings. The Morgan fingerprint density at radius 3 is 1.48 bits per heavy atom. The predicted octanol–water partition coefficient (Wildman–Crippen LogP) is 12.1. The van der Waals surface area contributed by atoms with Crippen molar-refractivity contribution in [2.45, 2.75) is 0 Å². The van der Waals surface area contributed by atoms with Gasteiger partial charge in [0.15, 0.2) is 0 Å². The van der Waals surface area contributed by atoms with Crippen molar-refractivity contribution in [3.63, 3.8) is 0 Å². The number of rotatable bonds is 3. The molecule has 7 aromatic carbocycles. The number of fused-ring (bicyclic) bond motifs is 6. The van der Waals surface area contributed by atoms with Crippen LogP contribution in [0.1, 0.15) is 0 Å².